The van der Waals surface area contributed by atoms with Gasteiger partial charge in [-0.1, -0.05) is 11.6 Å². The SMILES string of the molecule is Nc1cc(F)c(Cl)cc1NCC(O)CO. The average Bonchev–Trinajstić information content (AvgIpc) is 2.21. The van der Waals surface area contributed by atoms with Crippen molar-refractivity contribution in [2.24, 2.45) is 0 Å². The molecule has 1 unspecified atom stereocenters. The number of hydrogen-bond donors (Lipinski definition) is 4. The average molecular weight is 235 g/mol. The van der Waals surface area contributed by atoms with Gasteiger partial charge < -0.3 is 21.3 Å². The summed E-state index contributed by atoms with van der Waals surface area (Å²) < 4.78 is 12.9. The predicted octanol–water partition coefficient (Wildman–Crippen LogP) is 0.826. The van der Waals surface area contributed by atoms with E-state index in [9.17, 15) is 4.39 Å². The van der Waals surface area contributed by atoms with Crippen molar-refractivity contribution in [2.75, 3.05) is 24.2 Å². The van der Waals surface area contributed by atoms with Crippen LogP contribution < -0.4 is 11.1 Å². The summed E-state index contributed by atoms with van der Waals surface area (Å²) in [5.41, 5.74) is 6.13. The van der Waals surface area contributed by atoms with E-state index in [0.717, 1.165) is 6.07 Å². The van der Waals surface area contributed by atoms with E-state index < -0.39 is 11.9 Å². The minimum Gasteiger partial charge on any atom is -0.397 e. The number of rotatable bonds is 4. The first-order valence-electron chi connectivity index (χ1n) is 4.32. The van der Waals surface area contributed by atoms with Gasteiger partial charge in [-0.15, -0.1) is 0 Å². The Bertz CT molecular complexity index is 349. The maximum atomic E-state index is 12.9. The molecule has 0 saturated heterocycles. The van der Waals surface area contributed by atoms with Crippen LogP contribution in [-0.4, -0.2) is 29.5 Å². The Morgan fingerprint density at radius 3 is 2.80 bits per heavy atom. The van der Waals surface area contributed by atoms with Gasteiger partial charge in [0.15, 0.2) is 0 Å². The summed E-state index contributed by atoms with van der Waals surface area (Å²) in [6, 6.07) is 2.42. The highest BCUT2D eigenvalue weighted by atomic mass is 35.5. The smallest absolute Gasteiger partial charge is 0.143 e. The fourth-order valence-corrected chi connectivity index (χ4v) is 1.17. The highest BCUT2D eigenvalue weighted by molar-refractivity contribution is 6.31. The van der Waals surface area contributed by atoms with Gasteiger partial charge in [0, 0.05) is 12.6 Å². The van der Waals surface area contributed by atoms with Gasteiger partial charge in [-0.3, -0.25) is 0 Å². The number of anilines is 2. The van der Waals surface area contributed by atoms with Crippen LogP contribution in [0.3, 0.4) is 0 Å². The van der Waals surface area contributed by atoms with Crippen LogP contribution in [0.5, 0.6) is 0 Å². The van der Waals surface area contributed by atoms with E-state index in [1.54, 1.807) is 0 Å². The molecule has 0 aliphatic heterocycles. The molecule has 0 spiro atoms. The first kappa shape index (κ1) is 12.0. The molecule has 4 nitrogen and oxygen atoms in total. The second-order valence-electron chi connectivity index (χ2n) is 3.07. The lowest BCUT2D eigenvalue weighted by Crippen LogP contribution is -2.23. The van der Waals surface area contributed by atoms with Crippen molar-refractivity contribution in [3.05, 3.63) is 23.0 Å². The van der Waals surface area contributed by atoms with Gasteiger partial charge in [-0.05, 0) is 6.07 Å². The van der Waals surface area contributed by atoms with E-state index in [0.29, 0.717) is 5.69 Å². The zero-order valence-corrected chi connectivity index (χ0v) is 8.63. The molecule has 15 heavy (non-hydrogen) atoms. The van der Waals surface area contributed by atoms with Crippen molar-refractivity contribution >= 4 is 23.0 Å². The van der Waals surface area contributed by atoms with E-state index in [-0.39, 0.29) is 23.9 Å². The van der Waals surface area contributed by atoms with Crippen LogP contribution in [0.1, 0.15) is 0 Å². The van der Waals surface area contributed by atoms with Crippen LogP contribution in [0, 0.1) is 5.82 Å². The monoisotopic (exact) mass is 234 g/mol. The number of benzene rings is 1. The number of nitrogens with two attached hydrogens (primary N) is 1. The zero-order valence-electron chi connectivity index (χ0n) is 7.87. The quantitative estimate of drug-likeness (QED) is 0.582. The molecule has 0 saturated carbocycles. The molecule has 6 heteroatoms. The van der Waals surface area contributed by atoms with Gasteiger partial charge in [0.05, 0.1) is 29.1 Å². The highest BCUT2D eigenvalue weighted by Gasteiger charge is 2.07. The minimum absolute atomic E-state index is 0.0508. The van der Waals surface area contributed by atoms with E-state index in [1.807, 2.05) is 0 Å². The third kappa shape index (κ3) is 3.23. The van der Waals surface area contributed by atoms with Crippen molar-refractivity contribution in [2.45, 2.75) is 6.10 Å². The number of aliphatic hydroxyl groups excluding tert-OH is 2. The summed E-state index contributed by atoms with van der Waals surface area (Å²) in [4.78, 5) is 0. The van der Waals surface area contributed by atoms with Gasteiger partial charge in [-0.2, -0.15) is 0 Å². The van der Waals surface area contributed by atoms with Crippen LogP contribution >= 0.6 is 11.6 Å². The number of nitrogen functional groups attached to an aromatic ring is 1. The van der Waals surface area contributed by atoms with Crippen LogP contribution in [0.4, 0.5) is 15.8 Å². The zero-order chi connectivity index (χ0) is 11.4. The Labute approximate surface area is 91.5 Å². The third-order valence-corrected chi connectivity index (χ3v) is 2.12. The summed E-state index contributed by atoms with van der Waals surface area (Å²) in [5.74, 6) is -0.595. The molecule has 0 aliphatic carbocycles. The molecule has 1 aromatic rings. The highest BCUT2D eigenvalue weighted by Crippen LogP contribution is 2.25. The van der Waals surface area contributed by atoms with E-state index in [4.69, 9.17) is 27.5 Å². The lowest BCUT2D eigenvalue weighted by Gasteiger charge is -2.12. The molecule has 0 aliphatic rings. The van der Waals surface area contributed by atoms with Crippen molar-refractivity contribution in [3.8, 4) is 0 Å². The second-order valence-corrected chi connectivity index (χ2v) is 3.48. The molecule has 1 rings (SSSR count). The van der Waals surface area contributed by atoms with E-state index in [2.05, 4.69) is 5.32 Å². The Balaban J connectivity index is 2.73. The topological polar surface area (TPSA) is 78.5 Å². The van der Waals surface area contributed by atoms with Crippen LogP contribution in [0.25, 0.3) is 0 Å². The molecule has 0 bridgehead atoms. The number of hydrogen-bond acceptors (Lipinski definition) is 4. The second kappa shape index (κ2) is 5.16. The minimum atomic E-state index is -0.895. The Kier molecular flexibility index (Phi) is 4.14. The molecule has 84 valence electrons. The molecule has 0 amide bonds. The van der Waals surface area contributed by atoms with E-state index in [1.165, 1.54) is 6.07 Å². The molecular formula is C9H12ClFN2O2. The Hall–Kier alpha value is -1.04. The molecule has 1 aromatic carbocycles. The molecule has 0 fully saturated rings. The largest absolute Gasteiger partial charge is 0.397 e. The maximum absolute atomic E-state index is 12.9. The predicted molar refractivity (Wildman–Crippen MR) is 57.4 cm³/mol. The lowest BCUT2D eigenvalue weighted by atomic mass is 10.2. The maximum Gasteiger partial charge on any atom is 0.143 e. The summed E-state index contributed by atoms with van der Waals surface area (Å²) in [6.07, 6.45) is -0.895. The number of nitrogens with one attached hydrogen (secondary N) is 1. The first-order chi connectivity index (χ1) is 7.04. The molecule has 0 radical (unpaired) electrons. The van der Waals surface area contributed by atoms with Gasteiger partial charge >= 0.3 is 0 Å². The van der Waals surface area contributed by atoms with Crippen LogP contribution in [0.15, 0.2) is 12.1 Å². The molecule has 0 heterocycles. The fourth-order valence-electron chi connectivity index (χ4n) is 1.01. The molecule has 1 atom stereocenters. The fraction of sp³-hybridized carbons (Fsp3) is 0.333. The number of halogens is 2. The van der Waals surface area contributed by atoms with Crippen molar-refractivity contribution in [1.82, 2.24) is 0 Å². The summed E-state index contributed by atoms with van der Waals surface area (Å²) in [5, 5.41) is 20.3. The Morgan fingerprint density at radius 2 is 2.20 bits per heavy atom. The lowest BCUT2D eigenvalue weighted by molar-refractivity contribution is 0.105. The first-order valence-corrected chi connectivity index (χ1v) is 4.69. The van der Waals surface area contributed by atoms with Crippen LogP contribution in [0.2, 0.25) is 5.02 Å². The summed E-state index contributed by atoms with van der Waals surface area (Å²) in [6.45, 7) is -0.246. The standard InChI is InChI=1S/C9H12ClFN2O2/c10-6-1-9(8(12)2-7(6)11)13-3-5(15)4-14/h1-2,5,13-15H,3-4,12H2. The van der Waals surface area contributed by atoms with Crippen molar-refractivity contribution in [1.29, 1.82) is 0 Å². The number of aliphatic hydroxyl groups is 2. The third-order valence-electron chi connectivity index (χ3n) is 1.83. The Morgan fingerprint density at radius 1 is 1.53 bits per heavy atom. The van der Waals surface area contributed by atoms with E-state index >= 15 is 0 Å². The van der Waals surface area contributed by atoms with Gasteiger partial charge in [0.25, 0.3) is 0 Å². The van der Waals surface area contributed by atoms with Gasteiger partial charge in [0.1, 0.15) is 5.82 Å². The summed E-state index contributed by atoms with van der Waals surface area (Å²) in [7, 11) is 0. The van der Waals surface area contributed by atoms with Crippen molar-refractivity contribution < 1.29 is 14.6 Å². The molecule has 0 aromatic heterocycles. The van der Waals surface area contributed by atoms with Crippen molar-refractivity contribution in [3.63, 3.8) is 0 Å². The normalized spacial score (nSPS) is 12.5. The molecule has 5 N–H and O–H groups in total. The van der Waals surface area contributed by atoms with Gasteiger partial charge in [-0.25, -0.2) is 4.39 Å². The van der Waals surface area contributed by atoms with Crippen LogP contribution in [-0.2, 0) is 0 Å². The summed E-state index contributed by atoms with van der Waals surface area (Å²) >= 11 is 5.55. The molecular weight excluding hydrogens is 223 g/mol. The van der Waals surface area contributed by atoms with Gasteiger partial charge in [0.2, 0.25) is 0 Å².